The van der Waals surface area contributed by atoms with E-state index in [0.29, 0.717) is 31.5 Å². The summed E-state index contributed by atoms with van der Waals surface area (Å²) in [5, 5.41) is 0. The van der Waals surface area contributed by atoms with Gasteiger partial charge in [0.2, 0.25) is 5.95 Å². The molecule has 2 aromatic rings. The minimum absolute atomic E-state index is 0.00816. The number of esters is 2. The topological polar surface area (TPSA) is 185 Å². The van der Waals surface area contributed by atoms with Gasteiger partial charge in [-0.2, -0.15) is 4.98 Å². The molecular weight excluding hydrogens is 444 g/mol. The van der Waals surface area contributed by atoms with Crippen molar-refractivity contribution in [2.24, 2.45) is 17.6 Å². The Kier molecular flexibility index (Phi) is 10.2. The van der Waals surface area contributed by atoms with E-state index in [4.69, 9.17) is 20.9 Å². The van der Waals surface area contributed by atoms with Gasteiger partial charge >= 0.3 is 11.9 Å². The highest BCUT2D eigenvalue weighted by Crippen LogP contribution is 2.15. The first-order valence-corrected chi connectivity index (χ1v) is 11.4. The average Bonchev–Trinajstić information content (AvgIpc) is 3.18. The normalized spacial score (nSPS) is 13.9. The number of nitrogens with two attached hydrogens (primary N) is 2. The second-order valence-electron chi connectivity index (χ2n) is 8.49. The van der Waals surface area contributed by atoms with Crippen molar-refractivity contribution in [2.75, 3.05) is 18.9 Å². The van der Waals surface area contributed by atoms with Crippen LogP contribution < -0.4 is 17.0 Å². The van der Waals surface area contributed by atoms with Crippen molar-refractivity contribution >= 4 is 34.8 Å². The summed E-state index contributed by atoms with van der Waals surface area (Å²) in [5.41, 5.74) is 11.6. The summed E-state index contributed by atoms with van der Waals surface area (Å²) in [4.78, 5) is 58.0. The molecule has 0 aliphatic rings. The quantitative estimate of drug-likeness (QED) is 0.330. The van der Waals surface area contributed by atoms with E-state index in [1.54, 1.807) is 4.57 Å². The molecule has 0 amide bonds. The summed E-state index contributed by atoms with van der Waals surface area (Å²) in [5.74, 6) is -1.22. The van der Waals surface area contributed by atoms with Gasteiger partial charge in [0, 0.05) is 25.3 Å². The van der Waals surface area contributed by atoms with E-state index >= 15 is 0 Å². The zero-order valence-electron chi connectivity index (χ0n) is 19.9. The second-order valence-corrected chi connectivity index (χ2v) is 8.49. The Morgan fingerprint density at radius 2 is 1.97 bits per heavy atom. The minimum atomic E-state index is -0.709. The van der Waals surface area contributed by atoms with Crippen molar-refractivity contribution in [3.63, 3.8) is 0 Å². The molecule has 12 heteroatoms. The molecule has 2 aromatic heterocycles. The first kappa shape index (κ1) is 27.0. The van der Waals surface area contributed by atoms with Gasteiger partial charge in [-0.05, 0) is 25.7 Å². The number of nitrogens with zero attached hydrogens (tertiary/aromatic N) is 3. The summed E-state index contributed by atoms with van der Waals surface area (Å²) in [7, 11) is 0. The molecule has 0 aliphatic carbocycles. The third-order valence-corrected chi connectivity index (χ3v) is 5.64. The number of hydrogen-bond acceptors (Lipinski definition) is 10. The lowest BCUT2D eigenvalue weighted by Crippen LogP contribution is -2.38. The molecule has 0 saturated carbocycles. The number of aromatic amines is 1. The first-order chi connectivity index (χ1) is 16.1. The van der Waals surface area contributed by atoms with Gasteiger partial charge in [0.1, 0.15) is 11.8 Å². The number of H-pyrrole nitrogens is 1. The fourth-order valence-electron chi connectivity index (χ4n) is 3.28. The van der Waals surface area contributed by atoms with Crippen LogP contribution in [0.5, 0.6) is 0 Å². The number of ether oxygens (including phenoxy) is 2. The lowest BCUT2D eigenvalue weighted by Gasteiger charge is -2.20. The van der Waals surface area contributed by atoms with Crippen molar-refractivity contribution in [1.82, 2.24) is 19.5 Å². The van der Waals surface area contributed by atoms with Crippen LogP contribution in [0.25, 0.3) is 11.2 Å². The Labute approximate surface area is 197 Å². The van der Waals surface area contributed by atoms with Crippen LogP contribution in [0.3, 0.4) is 0 Å². The van der Waals surface area contributed by atoms with Gasteiger partial charge in [0.25, 0.3) is 5.56 Å². The van der Waals surface area contributed by atoms with E-state index in [1.165, 1.54) is 13.3 Å². The molecular formula is C22H34N6O6. The van der Waals surface area contributed by atoms with Crippen LogP contribution in [-0.2, 0) is 30.4 Å². The van der Waals surface area contributed by atoms with Crippen molar-refractivity contribution in [1.29, 1.82) is 0 Å². The number of carbonyl (C=O) groups excluding carboxylic acids is 3. The van der Waals surface area contributed by atoms with Crippen LogP contribution in [0.2, 0.25) is 0 Å². The first-order valence-electron chi connectivity index (χ1n) is 11.4. The number of imidazole rings is 1. The molecule has 3 atom stereocenters. The van der Waals surface area contributed by atoms with Crippen molar-refractivity contribution in [3.05, 3.63) is 16.7 Å². The van der Waals surface area contributed by atoms with Gasteiger partial charge in [0.15, 0.2) is 11.2 Å². The van der Waals surface area contributed by atoms with Crippen LogP contribution in [0, 0.1) is 11.8 Å². The number of rotatable bonds is 14. The number of fused-ring (bicyclic) bond motifs is 1. The van der Waals surface area contributed by atoms with Crippen molar-refractivity contribution in [2.45, 2.75) is 65.5 Å². The van der Waals surface area contributed by atoms with Crippen LogP contribution in [0.1, 0.15) is 52.9 Å². The third-order valence-electron chi connectivity index (χ3n) is 5.64. The number of aromatic nitrogens is 4. The van der Waals surface area contributed by atoms with Crippen LogP contribution in [0.4, 0.5) is 5.95 Å². The lowest BCUT2D eigenvalue weighted by atomic mass is 10.0. The fourth-order valence-corrected chi connectivity index (χ4v) is 3.28. The maximum absolute atomic E-state index is 12.2. The lowest BCUT2D eigenvalue weighted by molar-refractivity contribution is -0.149. The number of carbonyl (C=O) groups is 3. The summed E-state index contributed by atoms with van der Waals surface area (Å²) in [6.07, 6.45) is 3.44. The van der Waals surface area contributed by atoms with E-state index in [9.17, 15) is 19.2 Å². The monoisotopic (exact) mass is 478 g/mol. The van der Waals surface area contributed by atoms with Gasteiger partial charge in [-0.3, -0.25) is 19.4 Å². The molecule has 0 radical (unpaired) electrons. The minimum Gasteiger partial charge on any atom is -0.465 e. The highest BCUT2D eigenvalue weighted by atomic mass is 16.5. The standard InChI is InChI=1S/C22H34N6O6/c1-4-13(2)17(23)21(32)33-9-8-15(11-34-16(30)7-5-6-14(3)29)10-28-12-25-18-19(28)26-22(24)27-20(18)31/h12-13,15,17H,4-11,23H2,1-3H3,(H3,24,26,27,31)/t13-,15?,17-/m0/s1. The zero-order valence-corrected chi connectivity index (χ0v) is 19.9. The molecule has 1 unspecified atom stereocenters. The number of nitrogens with one attached hydrogen (secondary N) is 1. The molecule has 2 rings (SSSR count). The molecule has 12 nitrogen and oxygen atoms in total. The largest absolute Gasteiger partial charge is 0.465 e. The van der Waals surface area contributed by atoms with Gasteiger partial charge in [-0.1, -0.05) is 20.3 Å². The summed E-state index contributed by atoms with van der Waals surface area (Å²) in [6, 6.07) is -0.709. The Balaban J connectivity index is 2.05. The Morgan fingerprint density at radius 3 is 2.65 bits per heavy atom. The molecule has 0 bridgehead atoms. The van der Waals surface area contributed by atoms with E-state index in [0.717, 1.165) is 6.42 Å². The molecule has 0 aliphatic heterocycles. The van der Waals surface area contributed by atoms with Gasteiger partial charge in [0.05, 0.1) is 19.5 Å². The smallest absolute Gasteiger partial charge is 0.323 e. The van der Waals surface area contributed by atoms with E-state index < -0.39 is 23.5 Å². The molecule has 5 N–H and O–H groups in total. The molecule has 0 fully saturated rings. The number of hydrogen-bond donors (Lipinski definition) is 3. The Morgan fingerprint density at radius 1 is 1.24 bits per heavy atom. The maximum Gasteiger partial charge on any atom is 0.323 e. The number of ketones is 1. The van der Waals surface area contributed by atoms with E-state index in [-0.39, 0.29) is 48.7 Å². The third kappa shape index (κ3) is 7.94. The molecule has 0 saturated heterocycles. The average molecular weight is 479 g/mol. The van der Waals surface area contributed by atoms with Gasteiger partial charge < -0.3 is 30.3 Å². The van der Waals surface area contributed by atoms with Gasteiger partial charge in [-0.15, -0.1) is 0 Å². The second kappa shape index (κ2) is 12.8. The number of Topliss-reactive ketones (excluding diaryl/α,β-unsaturated/α-hetero) is 1. The molecule has 2 heterocycles. The number of anilines is 1. The molecule has 34 heavy (non-hydrogen) atoms. The Bertz CT molecular complexity index is 1050. The summed E-state index contributed by atoms with van der Waals surface area (Å²) >= 11 is 0. The van der Waals surface area contributed by atoms with E-state index in [1.807, 2.05) is 13.8 Å². The SMILES string of the molecule is CC[C@H](C)[C@H](N)C(=O)OCCC(COC(=O)CCCC(C)=O)Cn1cnc2c(=O)[nH]c(N)nc21. The van der Waals surface area contributed by atoms with Crippen molar-refractivity contribution in [3.8, 4) is 0 Å². The molecule has 188 valence electrons. The van der Waals surface area contributed by atoms with Crippen molar-refractivity contribution < 1.29 is 23.9 Å². The fraction of sp³-hybridized carbons (Fsp3) is 0.636. The number of nitrogen functional groups attached to an aromatic ring is 1. The van der Waals surface area contributed by atoms with Crippen LogP contribution in [0.15, 0.2) is 11.1 Å². The predicted octanol–water partition coefficient (Wildman–Crippen LogP) is 0.927. The summed E-state index contributed by atoms with van der Waals surface area (Å²) < 4.78 is 12.4. The summed E-state index contributed by atoms with van der Waals surface area (Å²) in [6.45, 7) is 5.72. The highest BCUT2D eigenvalue weighted by Gasteiger charge is 2.22. The maximum atomic E-state index is 12.2. The predicted molar refractivity (Wildman–Crippen MR) is 125 cm³/mol. The highest BCUT2D eigenvalue weighted by molar-refractivity contribution is 5.76. The molecule has 0 aromatic carbocycles. The van der Waals surface area contributed by atoms with Crippen LogP contribution >= 0.6 is 0 Å². The molecule has 0 spiro atoms. The van der Waals surface area contributed by atoms with Gasteiger partial charge in [-0.25, -0.2) is 4.98 Å². The van der Waals surface area contributed by atoms with E-state index in [2.05, 4.69) is 15.0 Å². The Hall–Kier alpha value is -3.28. The van der Waals surface area contributed by atoms with Crippen LogP contribution in [-0.4, -0.2) is 56.5 Å². The zero-order chi connectivity index (χ0) is 25.3.